The average molecular weight is 363 g/mol. The lowest BCUT2D eigenvalue weighted by Gasteiger charge is -2.25. The summed E-state index contributed by atoms with van der Waals surface area (Å²) in [6, 6.07) is 8.39. The second-order valence-corrected chi connectivity index (χ2v) is 7.76. The topological polar surface area (TPSA) is 92.7 Å². The molecule has 0 radical (unpaired) electrons. The first kappa shape index (κ1) is 21.7. The third kappa shape index (κ3) is 7.68. The van der Waals surface area contributed by atoms with Gasteiger partial charge in [-0.2, -0.15) is 0 Å². The van der Waals surface area contributed by atoms with Crippen molar-refractivity contribution in [1.82, 2.24) is 5.32 Å². The SMILES string of the molecule is CC(C)[C@H](NC(=O)OC(C)(C)C)C(=O)C[C@H](Cc1ccccc1)C(=O)O. The number of alkyl carbamates (subject to hydrolysis) is 1. The van der Waals surface area contributed by atoms with Crippen molar-refractivity contribution in [2.75, 3.05) is 0 Å². The molecule has 0 aliphatic rings. The number of rotatable bonds is 8. The summed E-state index contributed by atoms with van der Waals surface area (Å²) in [7, 11) is 0. The van der Waals surface area contributed by atoms with Gasteiger partial charge in [-0.3, -0.25) is 9.59 Å². The number of benzene rings is 1. The van der Waals surface area contributed by atoms with Crippen molar-refractivity contribution in [3.8, 4) is 0 Å². The van der Waals surface area contributed by atoms with E-state index in [-0.39, 0.29) is 24.5 Å². The van der Waals surface area contributed by atoms with Gasteiger partial charge in [0.1, 0.15) is 5.60 Å². The lowest BCUT2D eigenvalue weighted by Crippen LogP contribution is -2.47. The Morgan fingerprint density at radius 1 is 1.12 bits per heavy atom. The molecule has 1 amide bonds. The number of hydrogen-bond acceptors (Lipinski definition) is 4. The van der Waals surface area contributed by atoms with Crippen LogP contribution in [0.2, 0.25) is 0 Å². The number of carboxylic acids is 1. The van der Waals surface area contributed by atoms with Crippen molar-refractivity contribution >= 4 is 17.8 Å². The number of aliphatic carboxylic acids is 1. The maximum Gasteiger partial charge on any atom is 0.408 e. The van der Waals surface area contributed by atoms with Gasteiger partial charge in [0.15, 0.2) is 5.78 Å². The summed E-state index contributed by atoms with van der Waals surface area (Å²) >= 11 is 0. The van der Waals surface area contributed by atoms with Crippen LogP contribution >= 0.6 is 0 Å². The maximum absolute atomic E-state index is 12.7. The van der Waals surface area contributed by atoms with Gasteiger partial charge in [0.05, 0.1) is 12.0 Å². The Bertz CT molecular complexity index is 619. The number of hydrogen-bond donors (Lipinski definition) is 2. The van der Waals surface area contributed by atoms with Gasteiger partial charge in [0.2, 0.25) is 0 Å². The number of carbonyl (C=O) groups excluding carboxylic acids is 2. The minimum Gasteiger partial charge on any atom is -0.481 e. The van der Waals surface area contributed by atoms with Crippen LogP contribution in [-0.4, -0.2) is 34.6 Å². The van der Waals surface area contributed by atoms with E-state index in [9.17, 15) is 19.5 Å². The Hall–Kier alpha value is -2.37. The van der Waals surface area contributed by atoms with E-state index in [1.807, 2.05) is 30.3 Å². The zero-order valence-electron chi connectivity index (χ0n) is 16.1. The second-order valence-electron chi connectivity index (χ2n) is 7.76. The van der Waals surface area contributed by atoms with Gasteiger partial charge < -0.3 is 15.2 Å². The maximum atomic E-state index is 12.7. The minimum absolute atomic E-state index is 0.150. The number of ketones is 1. The Labute approximate surface area is 154 Å². The average Bonchev–Trinajstić information content (AvgIpc) is 2.50. The number of carboxylic acid groups (broad SMARTS) is 1. The summed E-state index contributed by atoms with van der Waals surface area (Å²) in [4.78, 5) is 36.2. The van der Waals surface area contributed by atoms with E-state index in [1.165, 1.54) is 0 Å². The second kappa shape index (κ2) is 9.36. The number of carbonyl (C=O) groups is 3. The highest BCUT2D eigenvalue weighted by molar-refractivity contribution is 5.90. The van der Waals surface area contributed by atoms with Crippen LogP contribution in [0, 0.1) is 11.8 Å². The predicted molar refractivity (Wildman–Crippen MR) is 98.9 cm³/mol. The van der Waals surface area contributed by atoms with Gasteiger partial charge in [0.25, 0.3) is 0 Å². The Balaban J connectivity index is 2.80. The van der Waals surface area contributed by atoms with Crippen LogP contribution in [0.15, 0.2) is 30.3 Å². The molecule has 26 heavy (non-hydrogen) atoms. The van der Waals surface area contributed by atoms with Crippen LogP contribution in [0.5, 0.6) is 0 Å². The molecule has 0 aliphatic carbocycles. The fourth-order valence-electron chi connectivity index (χ4n) is 2.57. The summed E-state index contributed by atoms with van der Waals surface area (Å²) in [5, 5.41) is 12.1. The molecular weight excluding hydrogens is 334 g/mol. The smallest absolute Gasteiger partial charge is 0.408 e. The zero-order valence-corrected chi connectivity index (χ0v) is 16.1. The van der Waals surface area contributed by atoms with Crippen LogP contribution in [0.4, 0.5) is 4.79 Å². The molecule has 0 heterocycles. The molecule has 1 rings (SSSR count). The molecule has 1 aromatic carbocycles. The quantitative estimate of drug-likeness (QED) is 0.738. The third-order valence-electron chi connectivity index (χ3n) is 3.81. The molecule has 144 valence electrons. The van der Waals surface area contributed by atoms with Crippen LogP contribution < -0.4 is 5.32 Å². The molecule has 0 aromatic heterocycles. The molecular formula is C20H29NO5. The monoisotopic (exact) mass is 363 g/mol. The fraction of sp³-hybridized carbons (Fsp3) is 0.550. The van der Waals surface area contributed by atoms with Gasteiger partial charge >= 0.3 is 12.1 Å². The van der Waals surface area contributed by atoms with E-state index >= 15 is 0 Å². The molecule has 6 heteroatoms. The molecule has 6 nitrogen and oxygen atoms in total. The first-order chi connectivity index (χ1) is 12.0. The molecule has 0 spiro atoms. The lowest BCUT2D eigenvalue weighted by molar-refractivity contribution is -0.144. The highest BCUT2D eigenvalue weighted by atomic mass is 16.6. The molecule has 0 unspecified atom stereocenters. The predicted octanol–water partition coefficient (Wildman–Crippen LogP) is 3.44. The molecule has 0 aliphatic heterocycles. The Kier molecular flexibility index (Phi) is 7.80. The summed E-state index contributed by atoms with van der Waals surface area (Å²) in [5.41, 5.74) is 0.180. The molecule has 2 N–H and O–H groups in total. The third-order valence-corrected chi connectivity index (χ3v) is 3.81. The van der Waals surface area contributed by atoms with Crippen molar-refractivity contribution < 1.29 is 24.2 Å². The normalized spacial score (nSPS) is 13.8. The van der Waals surface area contributed by atoms with E-state index in [0.717, 1.165) is 5.56 Å². The molecule has 0 saturated carbocycles. The van der Waals surface area contributed by atoms with Gasteiger partial charge in [-0.1, -0.05) is 44.2 Å². The molecule has 0 saturated heterocycles. The summed E-state index contributed by atoms with van der Waals surface area (Å²) in [6.07, 6.45) is -0.568. The molecule has 0 fully saturated rings. The Morgan fingerprint density at radius 3 is 2.15 bits per heavy atom. The first-order valence-electron chi connectivity index (χ1n) is 8.78. The summed E-state index contributed by atoms with van der Waals surface area (Å²) in [6.45, 7) is 8.80. The highest BCUT2D eigenvalue weighted by Crippen LogP contribution is 2.17. The fourth-order valence-corrected chi connectivity index (χ4v) is 2.57. The van der Waals surface area contributed by atoms with E-state index in [1.54, 1.807) is 34.6 Å². The van der Waals surface area contributed by atoms with E-state index in [2.05, 4.69) is 5.32 Å². The Morgan fingerprint density at radius 2 is 1.69 bits per heavy atom. The lowest BCUT2D eigenvalue weighted by atomic mass is 9.89. The van der Waals surface area contributed by atoms with E-state index in [4.69, 9.17) is 4.74 Å². The van der Waals surface area contributed by atoms with Crippen LogP contribution in [0.1, 0.15) is 46.6 Å². The molecule has 2 atom stereocenters. The highest BCUT2D eigenvalue weighted by Gasteiger charge is 2.30. The zero-order chi connectivity index (χ0) is 19.9. The van der Waals surface area contributed by atoms with Crippen molar-refractivity contribution in [3.63, 3.8) is 0 Å². The van der Waals surface area contributed by atoms with Crippen LogP contribution in [0.25, 0.3) is 0 Å². The van der Waals surface area contributed by atoms with E-state index < -0.39 is 29.6 Å². The van der Waals surface area contributed by atoms with Gasteiger partial charge in [-0.15, -0.1) is 0 Å². The van der Waals surface area contributed by atoms with Crippen LogP contribution in [-0.2, 0) is 20.7 Å². The molecule has 0 bridgehead atoms. The van der Waals surface area contributed by atoms with Crippen molar-refractivity contribution in [2.45, 2.75) is 59.1 Å². The number of Topliss-reactive ketones (excluding diaryl/α,β-unsaturated/α-hetero) is 1. The van der Waals surface area contributed by atoms with Gasteiger partial charge in [0, 0.05) is 6.42 Å². The number of ether oxygens (including phenoxy) is 1. The first-order valence-corrected chi connectivity index (χ1v) is 8.78. The van der Waals surface area contributed by atoms with Crippen LogP contribution in [0.3, 0.4) is 0 Å². The van der Waals surface area contributed by atoms with Gasteiger partial charge in [-0.25, -0.2) is 4.79 Å². The largest absolute Gasteiger partial charge is 0.481 e. The molecule has 1 aromatic rings. The number of amides is 1. The van der Waals surface area contributed by atoms with E-state index in [0.29, 0.717) is 0 Å². The van der Waals surface area contributed by atoms with Crippen molar-refractivity contribution in [1.29, 1.82) is 0 Å². The van der Waals surface area contributed by atoms with Gasteiger partial charge in [-0.05, 0) is 38.7 Å². The summed E-state index contributed by atoms with van der Waals surface area (Å²) in [5.74, 6) is -2.36. The minimum atomic E-state index is -1.03. The number of nitrogens with one attached hydrogen (secondary N) is 1. The standard InChI is InChI=1S/C20H29NO5/c1-13(2)17(21-19(25)26-20(3,4)5)16(22)12-15(18(23)24)11-14-9-7-6-8-10-14/h6-10,13,15,17H,11-12H2,1-5H3,(H,21,25)(H,23,24)/t15-,17-/m0/s1. The summed E-state index contributed by atoms with van der Waals surface area (Å²) < 4.78 is 5.20. The van der Waals surface area contributed by atoms with Crippen molar-refractivity contribution in [3.05, 3.63) is 35.9 Å². The van der Waals surface area contributed by atoms with Crippen molar-refractivity contribution in [2.24, 2.45) is 11.8 Å².